The average molecular weight is 352 g/mol. The summed E-state index contributed by atoms with van der Waals surface area (Å²) in [5, 5.41) is 2.46. The fraction of sp³-hybridized carbons (Fsp3) is 0.133. The molecule has 0 spiro atoms. The van der Waals surface area contributed by atoms with E-state index in [1.54, 1.807) is 6.07 Å². The molecule has 0 radical (unpaired) electrons. The molecule has 0 aliphatic heterocycles. The first-order chi connectivity index (χ1) is 11.7. The summed E-state index contributed by atoms with van der Waals surface area (Å²) >= 11 is 0. The zero-order valence-corrected chi connectivity index (χ0v) is 12.5. The number of fused-ring (bicyclic) bond motifs is 1. The third-order valence-corrected chi connectivity index (χ3v) is 3.42. The van der Waals surface area contributed by atoms with Crippen molar-refractivity contribution in [1.82, 2.24) is 14.5 Å². The van der Waals surface area contributed by atoms with E-state index in [-0.39, 0.29) is 0 Å². The van der Waals surface area contributed by atoms with Crippen LogP contribution >= 0.6 is 0 Å². The van der Waals surface area contributed by atoms with Crippen LogP contribution in [0.4, 0.5) is 18.9 Å². The number of rotatable bonds is 3. The molecule has 0 fully saturated rings. The Kier molecular flexibility index (Phi) is 3.95. The number of imidazole rings is 1. The first-order valence-electron chi connectivity index (χ1n) is 7.02. The van der Waals surface area contributed by atoms with E-state index in [1.165, 1.54) is 12.1 Å². The number of alkyl halides is 3. The van der Waals surface area contributed by atoms with Gasteiger partial charge >= 0.3 is 11.9 Å². The van der Waals surface area contributed by atoms with E-state index in [0.717, 1.165) is 6.07 Å². The van der Waals surface area contributed by atoms with Gasteiger partial charge in [-0.1, -0.05) is 0 Å². The van der Waals surface area contributed by atoms with Crippen LogP contribution in [-0.2, 0) is 17.5 Å². The number of benzene rings is 1. The molecule has 0 atom stereocenters. The quantitative estimate of drug-likeness (QED) is 0.669. The fourth-order valence-corrected chi connectivity index (χ4v) is 2.29. The van der Waals surface area contributed by atoms with E-state index in [1.807, 2.05) is 0 Å². The third-order valence-electron chi connectivity index (χ3n) is 3.42. The summed E-state index contributed by atoms with van der Waals surface area (Å²) in [4.78, 5) is 39.9. The van der Waals surface area contributed by atoms with Crippen molar-refractivity contribution >= 4 is 22.6 Å². The number of carbonyl (C=O) groups excluding carboxylic acids is 1. The lowest BCUT2D eigenvalue weighted by Gasteiger charge is -2.11. The smallest absolute Gasteiger partial charge is 0.324 e. The van der Waals surface area contributed by atoms with Gasteiger partial charge in [-0.15, -0.1) is 0 Å². The van der Waals surface area contributed by atoms with Crippen LogP contribution in [0.2, 0.25) is 0 Å². The van der Waals surface area contributed by atoms with Crippen LogP contribution in [0.15, 0.2) is 46.1 Å². The molecule has 25 heavy (non-hydrogen) atoms. The fourth-order valence-electron chi connectivity index (χ4n) is 2.29. The number of anilines is 1. The van der Waals surface area contributed by atoms with Crippen molar-refractivity contribution in [2.24, 2.45) is 0 Å². The summed E-state index contributed by atoms with van der Waals surface area (Å²) in [5.74, 6) is -0.682. The average Bonchev–Trinajstić information content (AvgIpc) is 2.87. The lowest BCUT2D eigenvalue weighted by Crippen LogP contribution is -2.28. The summed E-state index contributed by atoms with van der Waals surface area (Å²) in [7, 11) is 0. The molecule has 0 aliphatic rings. The van der Waals surface area contributed by atoms with Crippen molar-refractivity contribution < 1.29 is 18.0 Å². The number of aromatic amines is 2. The Balaban J connectivity index is 1.79. The standard InChI is InChI=1S/C15H11F3N4O3/c16-15(17,18)8-1-4-13(24)22(6-8)7-12(23)19-9-2-3-10-11(5-9)21-14(25)20-10/h1-6H,7H2,(H,19,23)(H2,20,21,25). The maximum Gasteiger partial charge on any atom is 0.417 e. The van der Waals surface area contributed by atoms with Crippen molar-refractivity contribution in [1.29, 1.82) is 0 Å². The molecule has 1 amide bonds. The zero-order valence-electron chi connectivity index (χ0n) is 12.5. The molecule has 3 rings (SSSR count). The largest absolute Gasteiger partial charge is 0.417 e. The van der Waals surface area contributed by atoms with E-state index in [0.29, 0.717) is 33.6 Å². The highest BCUT2D eigenvalue weighted by Gasteiger charge is 2.31. The number of hydrogen-bond acceptors (Lipinski definition) is 3. The summed E-state index contributed by atoms with van der Waals surface area (Å²) in [6.07, 6.45) is -4.02. The maximum absolute atomic E-state index is 12.7. The molecule has 10 heteroatoms. The van der Waals surface area contributed by atoms with E-state index < -0.39 is 35.4 Å². The Labute approximate surface area is 137 Å². The lowest BCUT2D eigenvalue weighted by molar-refractivity contribution is -0.138. The van der Waals surface area contributed by atoms with Crippen molar-refractivity contribution in [2.75, 3.05) is 5.32 Å². The molecule has 7 nitrogen and oxygen atoms in total. The SMILES string of the molecule is O=C(Cn1cc(C(F)(F)F)ccc1=O)Nc1ccc2[nH]c(=O)[nH]c2c1. The highest BCUT2D eigenvalue weighted by Crippen LogP contribution is 2.28. The Morgan fingerprint density at radius 3 is 2.52 bits per heavy atom. The molecule has 1 aromatic carbocycles. The second-order valence-corrected chi connectivity index (χ2v) is 5.27. The molecule has 3 aromatic rings. The van der Waals surface area contributed by atoms with Crippen LogP contribution in [0, 0.1) is 0 Å². The van der Waals surface area contributed by atoms with Gasteiger partial charge in [0.15, 0.2) is 0 Å². The topological polar surface area (TPSA) is 99.8 Å². The predicted octanol–water partition coefficient (Wildman–Crippen LogP) is 1.68. The minimum atomic E-state index is -4.61. The Hall–Kier alpha value is -3.30. The van der Waals surface area contributed by atoms with Crippen LogP contribution < -0.4 is 16.6 Å². The molecule has 2 heterocycles. The first kappa shape index (κ1) is 16.6. The molecule has 0 bridgehead atoms. The number of carbonyl (C=O) groups is 1. The molecule has 130 valence electrons. The number of hydrogen-bond donors (Lipinski definition) is 3. The van der Waals surface area contributed by atoms with Crippen LogP contribution in [0.25, 0.3) is 11.0 Å². The van der Waals surface area contributed by atoms with Gasteiger partial charge in [-0.3, -0.25) is 9.59 Å². The summed E-state index contributed by atoms with van der Waals surface area (Å²) in [5.41, 5.74) is -0.835. The zero-order chi connectivity index (χ0) is 18.2. The number of aromatic nitrogens is 3. The predicted molar refractivity (Wildman–Crippen MR) is 83.3 cm³/mol. The maximum atomic E-state index is 12.7. The molecule has 0 aliphatic carbocycles. The van der Waals surface area contributed by atoms with Crippen molar-refractivity contribution in [3.63, 3.8) is 0 Å². The molecular formula is C15H11F3N4O3. The van der Waals surface area contributed by atoms with Gasteiger partial charge in [-0.25, -0.2) is 4.79 Å². The van der Waals surface area contributed by atoms with Gasteiger partial charge in [0.05, 0.1) is 16.6 Å². The monoisotopic (exact) mass is 352 g/mol. The lowest BCUT2D eigenvalue weighted by atomic mass is 10.2. The van der Waals surface area contributed by atoms with E-state index in [9.17, 15) is 27.6 Å². The van der Waals surface area contributed by atoms with E-state index in [2.05, 4.69) is 15.3 Å². The number of halogens is 3. The van der Waals surface area contributed by atoms with Crippen molar-refractivity contribution in [2.45, 2.75) is 12.7 Å². The van der Waals surface area contributed by atoms with Gasteiger partial charge in [-0.05, 0) is 24.3 Å². The molecular weight excluding hydrogens is 341 g/mol. The molecule has 0 saturated heterocycles. The van der Waals surface area contributed by atoms with Gasteiger partial charge < -0.3 is 19.9 Å². The minimum Gasteiger partial charge on any atom is -0.324 e. The molecule has 0 saturated carbocycles. The van der Waals surface area contributed by atoms with Crippen molar-refractivity contribution in [3.8, 4) is 0 Å². The van der Waals surface area contributed by atoms with Gasteiger partial charge in [0, 0.05) is 18.0 Å². The third kappa shape index (κ3) is 3.62. The Morgan fingerprint density at radius 2 is 1.80 bits per heavy atom. The number of pyridine rings is 1. The summed E-state index contributed by atoms with van der Waals surface area (Å²) in [6, 6.07) is 5.97. The Morgan fingerprint density at radius 1 is 1.08 bits per heavy atom. The number of H-pyrrole nitrogens is 2. The second-order valence-electron chi connectivity index (χ2n) is 5.27. The van der Waals surface area contributed by atoms with Crippen molar-refractivity contribution in [3.05, 3.63) is 62.9 Å². The number of nitrogens with zero attached hydrogens (tertiary/aromatic N) is 1. The van der Waals surface area contributed by atoms with Crippen LogP contribution in [-0.4, -0.2) is 20.4 Å². The van der Waals surface area contributed by atoms with Crippen LogP contribution in [0.1, 0.15) is 5.56 Å². The van der Waals surface area contributed by atoms with E-state index in [4.69, 9.17) is 0 Å². The van der Waals surface area contributed by atoms with Crippen LogP contribution in [0.3, 0.4) is 0 Å². The Bertz CT molecular complexity index is 1060. The number of nitrogens with one attached hydrogen (secondary N) is 3. The van der Waals surface area contributed by atoms with Gasteiger partial charge in [-0.2, -0.15) is 13.2 Å². The van der Waals surface area contributed by atoms with E-state index >= 15 is 0 Å². The second kappa shape index (κ2) is 5.96. The summed E-state index contributed by atoms with van der Waals surface area (Å²) < 4.78 is 38.7. The van der Waals surface area contributed by atoms with Gasteiger partial charge in [0.1, 0.15) is 6.54 Å². The molecule has 0 unspecified atom stereocenters. The van der Waals surface area contributed by atoms with Crippen LogP contribution in [0.5, 0.6) is 0 Å². The molecule has 3 N–H and O–H groups in total. The highest BCUT2D eigenvalue weighted by atomic mass is 19.4. The first-order valence-corrected chi connectivity index (χ1v) is 7.02. The molecule has 2 aromatic heterocycles. The van der Waals surface area contributed by atoms with Gasteiger partial charge in [0.25, 0.3) is 5.56 Å². The van der Waals surface area contributed by atoms with Gasteiger partial charge in [0.2, 0.25) is 5.91 Å². The normalized spacial score (nSPS) is 11.6. The summed E-state index contributed by atoms with van der Waals surface area (Å²) in [6.45, 7) is -0.579. The highest BCUT2D eigenvalue weighted by molar-refractivity contribution is 5.92. The number of amides is 1. The minimum absolute atomic E-state index is 0.327.